The first-order valence-corrected chi connectivity index (χ1v) is 9.14. The van der Waals surface area contributed by atoms with Crippen LogP contribution in [0.1, 0.15) is 42.1 Å². The lowest BCUT2D eigenvalue weighted by molar-refractivity contribution is -0.130. The summed E-state index contributed by atoms with van der Waals surface area (Å²) < 4.78 is 52.4. The highest BCUT2D eigenvalue weighted by atomic mass is 19.2. The Labute approximate surface area is 171 Å². The van der Waals surface area contributed by atoms with Crippen molar-refractivity contribution in [1.29, 1.82) is 0 Å². The van der Waals surface area contributed by atoms with Crippen LogP contribution in [0.15, 0.2) is 30.3 Å². The fourth-order valence-corrected chi connectivity index (χ4v) is 3.67. The maximum atomic E-state index is 14.2. The summed E-state index contributed by atoms with van der Waals surface area (Å²) in [5.74, 6) is -5.55. The quantitative estimate of drug-likeness (QED) is 0.772. The molecule has 0 aromatic heterocycles. The van der Waals surface area contributed by atoms with Crippen molar-refractivity contribution in [1.82, 2.24) is 0 Å². The van der Waals surface area contributed by atoms with Gasteiger partial charge < -0.3 is 20.5 Å². The molecule has 0 radical (unpaired) electrons. The normalized spacial score (nSPS) is 20.1. The molecule has 1 fully saturated rings. The first-order chi connectivity index (χ1) is 14.0. The number of carbonyl (C=O) groups excluding carboxylic acids is 2. The molecule has 30 heavy (non-hydrogen) atoms. The van der Waals surface area contributed by atoms with E-state index < -0.39 is 46.9 Å². The van der Waals surface area contributed by atoms with Gasteiger partial charge in [0.2, 0.25) is 5.82 Å². The molecule has 0 aliphatic carbocycles. The zero-order valence-electron chi connectivity index (χ0n) is 16.6. The van der Waals surface area contributed by atoms with Crippen molar-refractivity contribution in [3.05, 3.63) is 58.9 Å². The molecular formula is C21H21F3N2O4. The highest BCUT2D eigenvalue weighted by molar-refractivity contribution is 5.98. The summed E-state index contributed by atoms with van der Waals surface area (Å²) in [6.07, 6.45) is -0.733. The van der Waals surface area contributed by atoms with Crippen LogP contribution < -0.4 is 15.8 Å². The molecule has 0 spiro atoms. The molecule has 1 aliphatic heterocycles. The molecule has 160 valence electrons. The first-order valence-electron chi connectivity index (χ1n) is 9.14. The molecule has 0 unspecified atom stereocenters. The number of hydrogen-bond acceptors (Lipinski definition) is 4. The van der Waals surface area contributed by atoms with E-state index >= 15 is 0 Å². The monoisotopic (exact) mass is 422 g/mol. The van der Waals surface area contributed by atoms with Gasteiger partial charge in [-0.3, -0.25) is 9.59 Å². The summed E-state index contributed by atoms with van der Waals surface area (Å²) in [5, 5.41) is 2.56. The van der Waals surface area contributed by atoms with E-state index in [1.165, 1.54) is 19.2 Å². The van der Waals surface area contributed by atoms with Crippen LogP contribution in [-0.2, 0) is 9.53 Å². The molecule has 3 rings (SSSR count). The lowest BCUT2D eigenvalue weighted by Crippen LogP contribution is -2.33. The van der Waals surface area contributed by atoms with Crippen LogP contribution in [-0.4, -0.2) is 30.6 Å². The Morgan fingerprint density at radius 1 is 1.17 bits per heavy atom. The largest absolute Gasteiger partial charge is 0.493 e. The molecule has 6 nitrogen and oxygen atoms in total. The summed E-state index contributed by atoms with van der Waals surface area (Å²) in [5.41, 5.74) is 4.45. The Morgan fingerprint density at radius 2 is 1.83 bits per heavy atom. The van der Waals surface area contributed by atoms with Gasteiger partial charge in [-0.05, 0) is 44.5 Å². The summed E-state index contributed by atoms with van der Waals surface area (Å²) in [6.45, 7) is 3.53. The smallest absolute Gasteiger partial charge is 0.254 e. The predicted molar refractivity (Wildman–Crippen MR) is 103 cm³/mol. The fourth-order valence-electron chi connectivity index (χ4n) is 3.67. The minimum atomic E-state index is -1.15. The van der Waals surface area contributed by atoms with Crippen molar-refractivity contribution < 1.29 is 32.2 Å². The molecule has 3 N–H and O–H groups in total. The SMILES string of the molecule is COc1c([C@@H]2CC(C)(C)O[C@H]2C(=O)Nc2ccc(F)c(C(N)=O)c2)ccc(F)c1F. The number of benzene rings is 2. The Balaban J connectivity index is 1.94. The van der Waals surface area contributed by atoms with Crippen LogP contribution in [0.3, 0.4) is 0 Å². The molecule has 2 amide bonds. The average molecular weight is 422 g/mol. The summed E-state index contributed by atoms with van der Waals surface area (Å²) in [6, 6.07) is 5.71. The number of hydrogen-bond donors (Lipinski definition) is 2. The number of halogens is 3. The molecule has 2 aromatic rings. The average Bonchev–Trinajstić information content (AvgIpc) is 3.00. The van der Waals surface area contributed by atoms with Gasteiger partial charge in [0.15, 0.2) is 11.6 Å². The van der Waals surface area contributed by atoms with Gasteiger partial charge in [-0.25, -0.2) is 8.78 Å². The van der Waals surface area contributed by atoms with E-state index in [-0.39, 0.29) is 17.0 Å². The van der Waals surface area contributed by atoms with E-state index in [0.29, 0.717) is 12.0 Å². The van der Waals surface area contributed by atoms with Gasteiger partial charge in [0.25, 0.3) is 11.8 Å². The molecule has 2 atom stereocenters. The highest BCUT2D eigenvalue weighted by Crippen LogP contribution is 2.45. The van der Waals surface area contributed by atoms with E-state index in [4.69, 9.17) is 15.2 Å². The number of methoxy groups -OCH3 is 1. The van der Waals surface area contributed by atoms with Gasteiger partial charge in [0.1, 0.15) is 11.9 Å². The van der Waals surface area contributed by atoms with Crippen molar-refractivity contribution in [3.63, 3.8) is 0 Å². The summed E-state index contributed by atoms with van der Waals surface area (Å²) in [4.78, 5) is 24.3. The number of anilines is 1. The van der Waals surface area contributed by atoms with Gasteiger partial charge in [-0.15, -0.1) is 0 Å². The van der Waals surface area contributed by atoms with Gasteiger partial charge in [-0.1, -0.05) is 6.07 Å². The minimum absolute atomic E-state index is 0.138. The number of primary amides is 1. The van der Waals surface area contributed by atoms with Crippen LogP contribution in [0, 0.1) is 17.5 Å². The zero-order chi connectivity index (χ0) is 22.2. The molecule has 9 heteroatoms. The third kappa shape index (κ3) is 4.11. The molecule has 0 bridgehead atoms. The van der Waals surface area contributed by atoms with E-state index in [0.717, 1.165) is 18.2 Å². The number of rotatable bonds is 5. The van der Waals surface area contributed by atoms with Gasteiger partial charge in [0.05, 0.1) is 18.3 Å². The van der Waals surface area contributed by atoms with Gasteiger partial charge in [0, 0.05) is 17.2 Å². The molecule has 1 saturated heterocycles. The second kappa shape index (κ2) is 7.98. The van der Waals surface area contributed by atoms with E-state index in [1.807, 2.05) is 0 Å². The molecule has 0 saturated carbocycles. The van der Waals surface area contributed by atoms with E-state index in [2.05, 4.69) is 5.32 Å². The number of ether oxygens (including phenoxy) is 2. The predicted octanol–water partition coefficient (Wildman–Crippen LogP) is 3.50. The Kier molecular flexibility index (Phi) is 5.76. The van der Waals surface area contributed by atoms with E-state index in [1.54, 1.807) is 13.8 Å². The highest BCUT2D eigenvalue weighted by Gasteiger charge is 2.46. The third-order valence-electron chi connectivity index (χ3n) is 4.96. The first kappa shape index (κ1) is 21.6. The Morgan fingerprint density at radius 3 is 2.47 bits per heavy atom. The minimum Gasteiger partial charge on any atom is -0.493 e. The summed E-state index contributed by atoms with van der Waals surface area (Å²) in [7, 11) is 1.21. The van der Waals surface area contributed by atoms with Crippen molar-refractivity contribution in [2.75, 3.05) is 12.4 Å². The number of nitrogens with one attached hydrogen (secondary N) is 1. The van der Waals surface area contributed by atoms with Gasteiger partial charge >= 0.3 is 0 Å². The van der Waals surface area contributed by atoms with Crippen molar-refractivity contribution in [3.8, 4) is 5.75 Å². The van der Waals surface area contributed by atoms with Crippen LogP contribution in [0.2, 0.25) is 0 Å². The second-order valence-electron chi connectivity index (χ2n) is 7.64. The van der Waals surface area contributed by atoms with Crippen LogP contribution in [0.25, 0.3) is 0 Å². The number of amides is 2. The molecule has 2 aromatic carbocycles. The topological polar surface area (TPSA) is 90.7 Å². The van der Waals surface area contributed by atoms with Crippen molar-refractivity contribution in [2.24, 2.45) is 5.73 Å². The second-order valence-corrected chi connectivity index (χ2v) is 7.64. The van der Waals surface area contributed by atoms with Gasteiger partial charge in [-0.2, -0.15) is 4.39 Å². The fraction of sp³-hybridized carbons (Fsp3) is 0.333. The van der Waals surface area contributed by atoms with Crippen molar-refractivity contribution in [2.45, 2.75) is 37.9 Å². The standard InChI is InChI=1S/C21H21F3N2O4/c1-21(2)9-13(11-5-7-15(23)16(24)17(11)29-3)18(30-21)20(28)26-10-4-6-14(22)12(8-10)19(25)27/h4-8,13,18H,9H2,1-3H3,(H2,25,27)(H,26,28)/t13-,18+/m0/s1. The third-order valence-corrected chi connectivity index (χ3v) is 4.96. The Hall–Kier alpha value is -3.07. The van der Waals surface area contributed by atoms with Crippen molar-refractivity contribution >= 4 is 17.5 Å². The molecular weight excluding hydrogens is 401 g/mol. The lowest BCUT2D eigenvalue weighted by Gasteiger charge is -2.21. The number of nitrogens with two attached hydrogens (primary N) is 1. The lowest BCUT2D eigenvalue weighted by atomic mass is 9.86. The maximum Gasteiger partial charge on any atom is 0.254 e. The molecule has 1 heterocycles. The molecule has 1 aliphatic rings. The Bertz CT molecular complexity index is 1010. The maximum absolute atomic E-state index is 14.2. The van der Waals surface area contributed by atoms with Crippen LogP contribution >= 0.6 is 0 Å². The summed E-state index contributed by atoms with van der Waals surface area (Å²) >= 11 is 0. The zero-order valence-corrected chi connectivity index (χ0v) is 16.6. The van der Waals surface area contributed by atoms with E-state index in [9.17, 15) is 22.8 Å². The van der Waals surface area contributed by atoms with Crippen LogP contribution in [0.5, 0.6) is 5.75 Å². The number of carbonyl (C=O) groups is 2. The van der Waals surface area contributed by atoms with Crippen LogP contribution in [0.4, 0.5) is 18.9 Å².